The summed E-state index contributed by atoms with van der Waals surface area (Å²) in [7, 11) is 0. The van der Waals surface area contributed by atoms with Crippen LogP contribution in [-0.2, 0) is 11.3 Å². The first-order chi connectivity index (χ1) is 9.07. The van der Waals surface area contributed by atoms with Crippen molar-refractivity contribution in [1.29, 1.82) is 0 Å². The smallest absolute Gasteiger partial charge is 0.323 e. The van der Waals surface area contributed by atoms with Crippen molar-refractivity contribution in [2.24, 2.45) is 0 Å². The summed E-state index contributed by atoms with van der Waals surface area (Å²) in [5.74, 6) is -0.813. The van der Waals surface area contributed by atoms with Crippen molar-refractivity contribution in [3.05, 3.63) is 30.1 Å². The first kappa shape index (κ1) is 13.5. The molecule has 0 aliphatic heterocycles. The highest BCUT2D eigenvalue weighted by Crippen LogP contribution is 2.18. The van der Waals surface area contributed by atoms with Crippen LogP contribution >= 0.6 is 0 Å². The Bertz CT molecular complexity index is 579. The van der Waals surface area contributed by atoms with Crippen molar-refractivity contribution in [3.63, 3.8) is 0 Å². The van der Waals surface area contributed by atoms with E-state index in [4.69, 9.17) is 0 Å². The molecule has 2 aromatic rings. The van der Waals surface area contributed by atoms with Gasteiger partial charge in [0.05, 0.1) is 0 Å². The lowest BCUT2D eigenvalue weighted by molar-refractivity contribution is -0.144. The first-order valence-corrected chi connectivity index (χ1v) is 6.46. The number of rotatable bonds is 6. The fraction of sp³-hybridized carbons (Fsp3) is 0.429. The van der Waals surface area contributed by atoms with Crippen LogP contribution in [0.25, 0.3) is 11.0 Å². The number of nitrogens with one attached hydrogen (secondary N) is 2. The monoisotopic (exact) mass is 261 g/mol. The second-order valence-corrected chi connectivity index (χ2v) is 4.95. The Labute approximate surface area is 112 Å². The summed E-state index contributed by atoms with van der Waals surface area (Å²) in [6, 6.07) is 3.86. The van der Waals surface area contributed by atoms with Crippen molar-refractivity contribution < 1.29 is 9.90 Å². The molecule has 0 aliphatic carbocycles. The third-order valence-corrected chi connectivity index (χ3v) is 3.43. The highest BCUT2D eigenvalue weighted by Gasteiger charge is 2.31. The van der Waals surface area contributed by atoms with Gasteiger partial charge in [0, 0.05) is 24.3 Å². The van der Waals surface area contributed by atoms with Crippen LogP contribution in [0.15, 0.2) is 24.5 Å². The Hall–Kier alpha value is -1.88. The molecule has 1 atom stereocenters. The molecule has 1 unspecified atom stereocenters. The summed E-state index contributed by atoms with van der Waals surface area (Å²) in [4.78, 5) is 18.7. The van der Waals surface area contributed by atoms with Gasteiger partial charge in [0.1, 0.15) is 11.2 Å². The molecule has 102 valence electrons. The minimum absolute atomic E-state index is 0.508. The van der Waals surface area contributed by atoms with Crippen LogP contribution in [0.5, 0.6) is 0 Å². The SMILES string of the molecule is CCCC(C)(NCc1c[nH]c2ncccc12)C(=O)O. The number of aromatic amines is 1. The van der Waals surface area contributed by atoms with Gasteiger partial charge in [-0.05, 0) is 31.0 Å². The average Bonchev–Trinajstić information content (AvgIpc) is 2.80. The Morgan fingerprint density at radius 1 is 1.58 bits per heavy atom. The Morgan fingerprint density at radius 3 is 3.05 bits per heavy atom. The summed E-state index contributed by atoms with van der Waals surface area (Å²) in [5.41, 5.74) is 0.971. The average molecular weight is 261 g/mol. The molecule has 2 aromatic heterocycles. The minimum Gasteiger partial charge on any atom is -0.480 e. The fourth-order valence-electron chi connectivity index (χ4n) is 2.22. The number of carboxylic acid groups (broad SMARTS) is 1. The van der Waals surface area contributed by atoms with Crippen LogP contribution in [0, 0.1) is 0 Å². The van der Waals surface area contributed by atoms with Crippen LogP contribution in [0.4, 0.5) is 0 Å². The second kappa shape index (κ2) is 5.40. The molecule has 0 amide bonds. The zero-order valence-electron chi connectivity index (χ0n) is 11.2. The minimum atomic E-state index is -0.888. The number of aromatic nitrogens is 2. The van der Waals surface area contributed by atoms with E-state index in [0.717, 1.165) is 23.0 Å². The Morgan fingerprint density at radius 2 is 2.37 bits per heavy atom. The molecule has 0 fully saturated rings. The molecular weight excluding hydrogens is 242 g/mol. The van der Waals surface area contributed by atoms with E-state index in [2.05, 4.69) is 15.3 Å². The normalized spacial score (nSPS) is 14.4. The van der Waals surface area contributed by atoms with E-state index in [-0.39, 0.29) is 0 Å². The van der Waals surface area contributed by atoms with Gasteiger partial charge in [-0.1, -0.05) is 13.3 Å². The molecule has 3 N–H and O–H groups in total. The van der Waals surface area contributed by atoms with E-state index < -0.39 is 11.5 Å². The summed E-state index contributed by atoms with van der Waals surface area (Å²) < 4.78 is 0. The third kappa shape index (κ3) is 2.76. The summed E-state index contributed by atoms with van der Waals surface area (Å²) in [6.07, 6.45) is 5.03. The molecule has 0 saturated heterocycles. The molecule has 19 heavy (non-hydrogen) atoms. The van der Waals surface area contributed by atoms with Crippen molar-refractivity contribution >= 4 is 17.0 Å². The molecule has 0 bridgehead atoms. The zero-order valence-corrected chi connectivity index (χ0v) is 11.2. The van der Waals surface area contributed by atoms with Gasteiger partial charge in [-0.15, -0.1) is 0 Å². The topological polar surface area (TPSA) is 78.0 Å². The number of H-pyrrole nitrogens is 1. The van der Waals surface area contributed by atoms with Crippen molar-refractivity contribution in [2.45, 2.75) is 38.8 Å². The van der Waals surface area contributed by atoms with Gasteiger partial charge < -0.3 is 10.1 Å². The molecule has 2 rings (SSSR count). The van der Waals surface area contributed by atoms with Crippen LogP contribution in [0.3, 0.4) is 0 Å². The van der Waals surface area contributed by atoms with Gasteiger partial charge in [0.2, 0.25) is 0 Å². The Balaban J connectivity index is 2.15. The molecule has 5 heteroatoms. The highest BCUT2D eigenvalue weighted by molar-refractivity contribution is 5.80. The van der Waals surface area contributed by atoms with E-state index in [0.29, 0.717) is 13.0 Å². The van der Waals surface area contributed by atoms with Crippen molar-refractivity contribution in [1.82, 2.24) is 15.3 Å². The van der Waals surface area contributed by atoms with Gasteiger partial charge in [0.25, 0.3) is 0 Å². The van der Waals surface area contributed by atoms with E-state index in [1.165, 1.54) is 0 Å². The third-order valence-electron chi connectivity index (χ3n) is 3.43. The predicted octanol–water partition coefficient (Wildman–Crippen LogP) is 2.30. The van der Waals surface area contributed by atoms with Crippen molar-refractivity contribution in [2.75, 3.05) is 0 Å². The van der Waals surface area contributed by atoms with Crippen LogP contribution in [0.2, 0.25) is 0 Å². The van der Waals surface area contributed by atoms with Gasteiger partial charge in [-0.2, -0.15) is 0 Å². The molecule has 5 nitrogen and oxygen atoms in total. The second-order valence-electron chi connectivity index (χ2n) is 4.95. The largest absolute Gasteiger partial charge is 0.480 e. The number of carboxylic acids is 1. The molecule has 0 aliphatic rings. The molecule has 0 radical (unpaired) electrons. The number of hydrogen-bond donors (Lipinski definition) is 3. The Kier molecular flexibility index (Phi) is 3.85. The lowest BCUT2D eigenvalue weighted by atomic mass is 9.96. The summed E-state index contributed by atoms with van der Waals surface area (Å²) >= 11 is 0. The van der Waals surface area contributed by atoms with E-state index in [1.807, 2.05) is 25.3 Å². The molecule has 2 heterocycles. The molecule has 0 saturated carbocycles. The fourth-order valence-corrected chi connectivity index (χ4v) is 2.22. The van der Waals surface area contributed by atoms with Crippen LogP contribution < -0.4 is 5.32 Å². The molecule has 0 aromatic carbocycles. The summed E-state index contributed by atoms with van der Waals surface area (Å²) in [5, 5.41) is 13.5. The maximum atomic E-state index is 11.4. The number of fused-ring (bicyclic) bond motifs is 1. The summed E-state index contributed by atoms with van der Waals surface area (Å²) in [6.45, 7) is 4.22. The predicted molar refractivity (Wildman–Crippen MR) is 73.9 cm³/mol. The van der Waals surface area contributed by atoms with Crippen molar-refractivity contribution in [3.8, 4) is 0 Å². The maximum absolute atomic E-state index is 11.4. The van der Waals surface area contributed by atoms with E-state index in [1.54, 1.807) is 13.1 Å². The maximum Gasteiger partial charge on any atom is 0.323 e. The zero-order chi connectivity index (χ0) is 13.9. The quantitative estimate of drug-likeness (QED) is 0.745. The van der Waals surface area contributed by atoms with Crippen LogP contribution in [0.1, 0.15) is 32.3 Å². The molecular formula is C14H19N3O2. The van der Waals surface area contributed by atoms with Gasteiger partial charge in [-0.3, -0.25) is 10.1 Å². The highest BCUT2D eigenvalue weighted by atomic mass is 16.4. The number of carbonyl (C=O) groups is 1. The lowest BCUT2D eigenvalue weighted by Gasteiger charge is -2.25. The standard InChI is InChI=1S/C14H19N3O2/c1-3-6-14(2,13(18)19)17-9-10-8-16-12-11(10)5-4-7-15-12/h4-5,7-8,17H,3,6,9H2,1-2H3,(H,15,16)(H,18,19). The molecule has 0 spiro atoms. The number of nitrogens with zero attached hydrogens (tertiary/aromatic N) is 1. The number of hydrogen-bond acceptors (Lipinski definition) is 3. The van der Waals surface area contributed by atoms with Gasteiger partial charge >= 0.3 is 5.97 Å². The van der Waals surface area contributed by atoms with Crippen LogP contribution in [-0.4, -0.2) is 26.6 Å². The van der Waals surface area contributed by atoms with E-state index in [9.17, 15) is 9.90 Å². The first-order valence-electron chi connectivity index (χ1n) is 6.46. The van der Waals surface area contributed by atoms with Gasteiger partial charge in [-0.25, -0.2) is 4.98 Å². The van der Waals surface area contributed by atoms with E-state index >= 15 is 0 Å². The lowest BCUT2D eigenvalue weighted by Crippen LogP contribution is -2.48. The van der Waals surface area contributed by atoms with Gasteiger partial charge in [0.15, 0.2) is 0 Å². The number of aliphatic carboxylic acids is 1. The number of pyridine rings is 1.